The fourth-order valence-electron chi connectivity index (χ4n) is 1.23. The Morgan fingerprint density at radius 3 is 2.86 bits per heavy atom. The summed E-state index contributed by atoms with van der Waals surface area (Å²) in [5, 5.41) is 0. The van der Waals surface area contributed by atoms with Gasteiger partial charge in [0.25, 0.3) is 0 Å². The van der Waals surface area contributed by atoms with Gasteiger partial charge in [-0.1, -0.05) is 17.7 Å². The Hall–Kier alpha value is -1.06. The second kappa shape index (κ2) is 3.98. The molecule has 0 aliphatic heterocycles. The zero-order chi connectivity index (χ0) is 9.97. The molecule has 0 aliphatic carbocycles. The van der Waals surface area contributed by atoms with Crippen LogP contribution in [0.2, 0.25) is 4.34 Å². The van der Waals surface area contributed by atoms with E-state index >= 15 is 0 Å². The molecule has 0 amide bonds. The quantitative estimate of drug-likeness (QED) is 0.852. The molecule has 72 valence electrons. The predicted octanol–water partition coefficient (Wildman–Crippen LogP) is 2.97. The summed E-state index contributed by atoms with van der Waals surface area (Å²) in [7, 11) is 0. The van der Waals surface area contributed by atoms with Crippen LogP contribution in [0.3, 0.4) is 0 Å². The highest BCUT2D eigenvalue weighted by atomic mass is 35.5. The van der Waals surface area contributed by atoms with Gasteiger partial charge in [0.15, 0.2) is 0 Å². The molecule has 2 aromatic rings. The fraction of sp³-hybridized carbons (Fsp3) is 0.100. The summed E-state index contributed by atoms with van der Waals surface area (Å²) in [6.45, 7) is 0. The number of nitrogens with zero attached hydrogens (tertiary/aromatic N) is 1. The van der Waals surface area contributed by atoms with E-state index in [-0.39, 0.29) is 0 Å². The molecule has 0 unspecified atom stereocenters. The van der Waals surface area contributed by atoms with Gasteiger partial charge >= 0.3 is 0 Å². The molecule has 0 saturated carbocycles. The van der Waals surface area contributed by atoms with E-state index < -0.39 is 0 Å². The van der Waals surface area contributed by atoms with Crippen molar-refractivity contribution in [3.05, 3.63) is 45.2 Å². The van der Waals surface area contributed by atoms with Gasteiger partial charge in [0.05, 0.1) is 4.34 Å². The van der Waals surface area contributed by atoms with Gasteiger partial charge in [-0.05, 0) is 23.8 Å². The maximum atomic E-state index is 5.84. The van der Waals surface area contributed by atoms with Gasteiger partial charge in [-0.25, -0.2) is 4.98 Å². The summed E-state index contributed by atoms with van der Waals surface area (Å²) < 4.78 is 0.808. The topological polar surface area (TPSA) is 38.9 Å². The molecule has 2 nitrogen and oxygen atoms in total. The summed E-state index contributed by atoms with van der Waals surface area (Å²) in [6.07, 6.45) is 2.50. The molecule has 0 aromatic carbocycles. The van der Waals surface area contributed by atoms with Gasteiger partial charge in [-0.2, -0.15) is 0 Å². The second-order valence-electron chi connectivity index (χ2n) is 2.93. The van der Waals surface area contributed by atoms with Crippen LogP contribution < -0.4 is 5.73 Å². The van der Waals surface area contributed by atoms with Crippen molar-refractivity contribution in [2.24, 2.45) is 0 Å². The first-order valence-corrected chi connectivity index (χ1v) is 5.39. The lowest BCUT2D eigenvalue weighted by Gasteiger charge is -2.01. The SMILES string of the molecule is Nc1ncccc1Cc1ccc(Cl)s1. The molecular formula is C10H9ClN2S. The number of hydrogen-bond donors (Lipinski definition) is 1. The molecular weight excluding hydrogens is 216 g/mol. The van der Waals surface area contributed by atoms with Gasteiger partial charge in [0.1, 0.15) is 5.82 Å². The third-order valence-electron chi connectivity index (χ3n) is 1.92. The monoisotopic (exact) mass is 224 g/mol. The first-order valence-electron chi connectivity index (χ1n) is 4.19. The normalized spacial score (nSPS) is 10.4. The zero-order valence-electron chi connectivity index (χ0n) is 7.40. The Morgan fingerprint density at radius 2 is 2.21 bits per heavy atom. The fourth-order valence-corrected chi connectivity index (χ4v) is 2.35. The number of halogens is 1. The average molecular weight is 225 g/mol. The number of nitrogens with two attached hydrogens (primary N) is 1. The van der Waals surface area contributed by atoms with Crippen LogP contribution >= 0.6 is 22.9 Å². The molecule has 0 bridgehead atoms. The van der Waals surface area contributed by atoms with Crippen LogP contribution in [0.15, 0.2) is 30.5 Å². The lowest BCUT2D eigenvalue weighted by Crippen LogP contribution is -1.96. The van der Waals surface area contributed by atoms with Gasteiger partial charge in [0.2, 0.25) is 0 Å². The van der Waals surface area contributed by atoms with Crippen molar-refractivity contribution < 1.29 is 0 Å². The van der Waals surface area contributed by atoms with Gasteiger partial charge in [-0.15, -0.1) is 11.3 Å². The molecule has 2 N–H and O–H groups in total. The number of hydrogen-bond acceptors (Lipinski definition) is 3. The molecule has 0 aliphatic rings. The van der Waals surface area contributed by atoms with Crippen molar-refractivity contribution in [2.45, 2.75) is 6.42 Å². The minimum absolute atomic E-state index is 0.594. The molecule has 0 atom stereocenters. The summed E-state index contributed by atoms with van der Waals surface area (Å²) in [4.78, 5) is 5.23. The van der Waals surface area contributed by atoms with E-state index in [4.69, 9.17) is 17.3 Å². The van der Waals surface area contributed by atoms with E-state index in [9.17, 15) is 0 Å². The zero-order valence-corrected chi connectivity index (χ0v) is 8.98. The van der Waals surface area contributed by atoms with Crippen LogP contribution in [0.4, 0.5) is 5.82 Å². The number of aromatic nitrogens is 1. The highest BCUT2D eigenvalue weighted by Crippen LogP contribution is 2.24. The van der Waals surface area contributed by atoms with Crippen LogP contribution in [-0.4, -0.2) is 4.98 Å². The number of anilines is 1. The molecule has 0 saturated heterocycles. The molecule has 14 heavy (non-hydrogen) atoms. The van der Waals surface area contributed by atoms with E-state index in [1.807, 2.05) is 24.3 Å². The van der Waals surface area contributed by atoms with Crippen molar-refractivity contribution in [3.8, 4) is 0 Å². The van der Waals surface area contributed by atoms with E-state index in [0.29, 0.717) is 5.82 Å². The lowest BCUT2D eigenvalue weighted by atomic mass is 10.1. The first kappa shape index (κ1) is 9.49. The van der Waals surface area contributed by atoms with Crippen molar-refractivity contribution >= 4 is 28.8 Å². The molecule has 0 fully saturated rings. The third kappa shape index (κ3) is 2.05. The molecule has 4 heteroatoms. The lowest BCUT2D eigenvalue weighted by molar-refractivity contribution is 1.18. The number of rotatable bonds is 2. The second-order valence-corrected chi connectivity index (χ2v) is 4.73. The Kier molecular flexibility index (Phi) is 2.70. The van der Waals surface area contributed by atoms with E-state index in [2.05, 4.69) is 4.98 Å². The minimum atomic E-state index is 0.594. The molecule has 2 aromatic heterocycles. The highest BCUT2D eigenvalue weighted by Gasteiger charge is 2.03. The van der Waals surface area contributed by atoms with Gasteiger partial charge in [0, 0.05) is 17.5 Å². The predicted molar refractivity (Wildman–Crippen MR) is 60.8 cm³/mol. The van der Waals surface area contributed by atoms with Crippen molar-refractivity contribution in [1.29, 1.82) is 0 Å². The van der Waals surface area contributed by atoms with E-state index in [1.54, 1.807) is 17.5 Å². The molecule has 0 spiro atoms. The Labute approximate surface area is 91.4 Å². The summed E-state index contributed by atoms with van der Waals surface area (Å²) in [5.41, 5.74) is 6.78. The van der Waals surface area contributed by atoms with Crippen LogP contribution in [0.5, 0.6) is 0 Å². The van der Waals surface area contributed by atoms with Crippen LogP contribution in [0.1, 0.15) is 10.4 Å². The van der Waals surface area contributed by atoms with Gasteiger partial charge < -0.3 is 5.73 Å². The van der Waals surface area contributed by atoms with E-state index in [1.165, 1.54) is 4.88 Å². The smallest absolute Gasteiger partial charge is 0.126 e. The Bertz CT molecular complexity index is 439. The maximum absolute atomic E-state index is 5.84. The van der Waals surface area contributed by atoms with Crippen molar-refractivity contribution in [3.63, 3.8) is 0 Å². The Balaban J connectivity index is 2.23. The maximum Gasteiger partial charge on any atom is 0.126 e. The summed E-state index contributed by atoms with van der Waals surface area (Å²) in [6, 6.07) is 7.78. The molecule has 0 radical (unpaired) electrons. The third-order valence-corrected chi connectivity index (χ3v) is 3.15. The largest absolute Gasteiger partial charge is 0.383 e. The first-order chi connectivity index (χ1) is 6.75. The van der Waals surface area contributed by atoms with E-state index in [0.717, 1.165) is 16.3 Å². The molecule has 2 heterocycles. The van der Waals surface area contributed by atoms with Crippen molar-refractivity contribution in [2.75, 3.05) is 5.73 Å². The molecule has 2 rings (SSSR count). The minimum Gasteiger partial charge on any atom is -0.383 e. The average Bonchev–Trinajstić information content (AvgIpc) is 2.56. The van der Waals surface area contributed by atoms with Crippen LogP contribution in [0, 0.1) is 0 Å². The number of thiophene rings is 1. The number of nitrogen functional groups attached to an aromatic ring is 1. The summed E-state index contributed by atoms with van der Waals surface area (Å²) >= 11 is 7.41. The van der Waals surface area contributed by atoms with Crippen LogP contribution in [0.25, 0.3) is 0 Å². The summed E-state index contributed by atoms with van der Waals surface area (Å²) in [5.74, 6) is 0.594. The van der Waals surface area contributed by atoms with Gasteiger partial charge in [-0.3, -0.25) is 0 Å². The number of pyridine rings is 1. The van der Waals surface area contributed by atoms with Crippen LogP contribution in [-0.2, 0) is 6.42 Å². The Morgan fingerprint density at radius 1 is 1.36 bits per heavy atom. The van der Waals surface area contributed by atoms with Crippen molar-refractivity contribution in [1.82, 2.24) is 4.98 Å². The standard InChI is InChI=1S/C10H9ClN2S/c11-9-4-3-8(14-9)6-7-2-1-5-13-10(7)12/h1-5H,6H2,(H2,12,13). The highest BCUT2D eigenvalue weighted by molar-refractivity contribution is 7.16.